The smallest absolute Gasteiger partial charge is 0.158 e. The summed E-state index contributed by atoms with van der Waals surface area (Å²) in [5, 5.41) is 23.5. The van der Waals surface area contributed by atoms with E-state index in [1.807, 2.05) is 38.0 Å². The Morgan fingerprint density at radius 1 is 0.405 bits per heavy atom. The summed E-state index contributed by atoms with van der Waals surface area (Å²) >= 11 is 1.52. The van der Waals surface area contributed by atoms with Gasteiger partial charge in [0, 0.05) is 28.2 Å². The number of aromatic nitrogens is 1. The van der Waals surface area contributed by atoms with E-state index in [1.54, 1.807) is 0 Å². The summed E-state index contributed by atoms with van der Waals surface area (Å²) in [6, 6.07) is 0. The van der Waals surface area contributed by atoms with Crippen molar-refractivity contribution in [3.63, 3.8) is 0 Å². The van der Waals surface area contributed by atoms with Crippen molar-refractivity contribution in [1.82, 2.24) is 4.98 Å². The van der Waals surface area contributed by atoms with Crippen molar-refractivity contribution < 1.29 is 0 Å². The molecule has 0 N–H and O–H groups in total. The quantitative estimate of drug-likeness (QED) is 0.212. The Balaban J connectivity index is 1.80. The topological polar surface area (TPSA) is 68.8 Å². The molecule has 0 aliphatic heterocycles. The van der Waals surface area contributed by atoms with E-state index in [2.05, 4.69) is 76.2 Å². The highest BCUT2D eigenvalue weighted by molar-refractivity contribution is 7.19. The van der Waals surface area contributed by atoms with E-state index in [1.165, 1.54) is 61.1 Å². The Hall–Kier alpha value is -3.65. The Kier molecular flexibility index (Phi) is 8.61. The number of azo groups is 2. The van der Waals surface area contributed by atoms with Gasteiger partial charge in [-0.1, -0.05) is 11.3 Å². The summed E-state index contributed by atoms with van der Waals surface area (Å²) in [7, 11) is 7.99. The molecule has 2 aromatic heterocycles. The number of anilines is 2. The molecule has 0 atom stereocenters. The van der Waals surface area contributed by atoms with Crippen molar-refractivity contribution in [2.45, 2.75) is 76.2 Å². The Bertz CT molecular complexity index is 1790. The minimum atomic E-state index is 0.783. The molecular weight excluding hydrogens is 538 g/mol. The number of hydrogen-bond donors (Lipinski definition) is 0. The Labute approximate surface area is 255 Å². The molecule has 0 spiro atoms. The molecule has 0 radical (unpaired) electrons. The molecule has 2 aromatic carbocycles. The lowest BCUT2D eigenvalue weighted by Gasteiger charge is -2.22. The summed E-state index contributed by atoms with van der Waals surface area (Å²) in [6.07, 6.45) is 0. The molecular formula is C34H45N7S. The molecule has 4 rings (SSSR count). The van der Waals surface area contributed by atoms with Crippen LogP contribution in [0.2, 0.25) is 0 Å². The zero-order valence-electron chi connectivity index (χ0n) is 28.0. The van der Waals surface area contributed by atoms with Crippen molar-refractivity contribution in [2.24, 2.45) is 20.5 Å². The van der Waals surface area contributed by atoms with Gasteiger partial charge in [0.2, 0.25) is 0 Å². The van der Waals surface area contributed by atoms with Gasteiger partial charge in [0.1, 0.15) is 21.5 Å². The molecule has 0 aliphatic rings. The van der Waals surface area contributed by atoms with Crippen LogP contribution in [0, 0.1) is 76.2 Å². The molecule has 7 nitrogen and oxygen atoms in total. The molecule has 222 valence electrons. The van der Waals surface area contributed by atoms with Gasteiger partial charge in [-0.3, -0.25) is 0 Å². The fraction of sp³-hybridized carbons (Fsp3) is 0.441. The fourth-order valence-corrected chi connectivity index (χ4v) is 6.69. The Morgan fingerprint density at radius 3 is 1.29 bits per heavy atom. The number of benzene rings is 2. The third kappa shape index (κ3) is 5.10. The van der Waals surface area contributed by atoms with Crippen LogP contribution in [0.15, 0.2) is 20.5 Å². The van der Waals surface area contributed by atoms with E-state index < -0.39 is 0 Å². The lowest BCUT2D eigenvalue weighted by atomic mass is 9.85. The highest BCUT2D eigenvalue weighted by Crippen LogP contribution is 2.45. The van der Waals surface area contributed by atoms with Crippen molar-refractivity contribution in [3.05, 3.63) is 61.2 Å². The van der Waals surface area contributed by atoms with E-state index in [9.17, 15) is 0 Å². The monoisotopic (exact) mass is 583 g/mol. The van der Waals surface area contributed by atoms with Gasteiger partial charge < -0.3 is 9.80 Å². The van der Waals surface area contributed by atoms with Gasteiger partial charge in [0.05, 0.1) is 5.69 Å². The molecule has 8 heteroatoms. The number of nitrogens with zero attached hydrogens (tertiary/aromatic N) is 7. The Morgan fingerprint density at radius 2 is 0.810 bits per heavy atom. The molecule has 0 unspecified atom stereocenters. The van der Waals surface area contributed by atoms with E-state index >= 15 is 0 Å². The van der Waals surface area contributed by atoms with Crippen LogP contribution in [0.25, 0.3) is 10.8 Å². The first kappa shape index (κ1) is 31.3. The van der Waals surface area contributed by atoms with Crippen LogP contribution in [0.1, 0.15) is 61.2 Å². The lowest BCUT2D eigenvalue weighted by Crippen LogP contribution is -2.17. The predicted molar refractivity (Wildman–Crippen MR) is 182 cm³/mol. The minimum Gasteiger partial charge on any atom is -0.362 e. The van der Waals surface area contributed by atoms with Crippen molar-refractivity contribution in [3.8, 4) is 0 Å². The normalized spacial score (nSPS) is 12.0. The first-order chi connectivity index (χ1) is 19.6. The van der Waals surface area contributed by atoms with E-state index in [-0.39, 0.29) is 0 Å². The SMILES string of the molecule is Cc1c(N(C)C)nc(N(C)C)c(N=Nc2sc(N=Nc3c(C)c(C)c4c(C)c(C)c(C)c(C)c4c3C)c(C)c2C)c1C. The van der Waals surface area contributed by atoms with Gasteiger partial charge in [-0.2, -0.15) is 0 Å². The molecule has 2 heterocycles. The van der Waals surface area contributed by atoms with E-state index in [0.717, 1.165) is 55.3 Å². The average molecular weight is 584 g/mol. The number of fused-ring (bicyclic) bond motifs is 1. The van der Waals surface area contributed by atoms with Crippen molar-refractivity contribution >= 4 is 55.1 Å². The van der Waals surface area contributed by atoms with Crippen molar-refractivity contribution in [1.29, 1.82) is 0 Å². The van der Waals surface area contributed by atoms with Gasteiger partial charge in [-0.15, -0.1) is 20.5 Å². The highest BCUT2D eigenvalue weighted by atomic mass is 32.1. The van der Waals surface area contributed by atoms with E-state index in [4.69, 9.17) is 25.4 Å². The first-order valence-corrected chi connectivity index (χ1v) is 15.2. The predicted octanol–water partition coefficient (Wildman–Crippen LogP) is 10.7. The summed E-state index contributed by atoms with van der Waals surface area (Å²) in [4.78, 5) is 8.91. The summed E-state index contributed by atoms with van der Waals surface area (Å²) < 4.78 is 0. The second-order valence-corrected chi connectivity index (χ2v) is 13.0. The summed E-state index contributed by atoms with van der Waals surface area (Å²) in [6.45, 7) is 23.8. The molecule has 0 fully saturated rings. The van der Waals surface area contributed by atoms with Crippen LogP contribution < -0.4 is 9.80 Å². The highest BCUT2D eigenvalue weighted by Gasteiger charge is 2.20. The van der Waals surface area contributed by atoms with Crippen LogP contribution in [0.3, 0.4) is 0 Å². The fourth-order valence-electron chi connectivity index (χ4n) is 5.73. The van der Waals surface area contributed by atoms with Gasteiger partial charge in [0.25, 0.3) is 0 Å². The number of pyridine rings is 1. The van der Waals surface area contributed by atoms with Gasteiger partial charge >= 0.3 is 0 Å². The second-order valence-electron chi connectivity index (χ2n) is 12.0. The maximum Gasteiger partial charge on any atom is 0.158 e. The molecule has 0 aliphatic carbocycles. The largest absolute Gasteiger partial charge is 0.362 e. The second kappa shape index (κ2) is 11.6. The zero-order valence-corrected chi connectivity index (χ0v) is 28.9. The molecule has 0 bridgehead atoms. The van der Waals surface area contributed by atoms with Gasteiger partial charge in [-0.05, 0) is 148 Å². The van der Waals surface area contributed by atoms with Crippen LogP contribution in [0.4, 0.5) is 33.0 Å². The summed E-state index contributed by atoms with van der Waals surface area (Å²) in [5.74, 6) is 1.73. The molecule has 0 saturated carbocycles. The maximum absolute atomic E-state index is 4.89. The van der Waals surface area contributed by atoms with E-state index in [0.29, 0.717) is 0 Å². The number of hydrogen-bond acceptors (Lipinski definition) is 8. The van der Waals surface area contributed by atoms with Gasteiger partial charge in [0.15, 0.2) is 5.82 Å². The first-order valence-electron chi connectivity index (χ1n) is 14.4. The molecule has 0 saturated heterocycles. The van der Waals surface area contributed by atoms with Crippen LogP contribution in [-0.4, -0.2) is 33.2 Å². The lowest BCUT2D eigenvalue weighted by molar-refractivity contribution is 0.989. The summed E-state index contributed by atoms with van der Waals surface area (Å²) in [5.41, 5.74) is 15.1. The molecule has 4 aromatic rings. The van der Waals surface area contributed by atoms with Crippen molar-refractivity contribution in [2.75, 3.05) is 38.0 Å². The molecule has 42 heavy (non-hydrogen) atoms. The standard InChI is InChI=1S/C34H45N7S/c1-16-17(2)19(4)28-26(11)29(21(6)20(5)27(28)18(16)3)36-38-33-24(9)25(10)34(42-33)39-37-30-22(7)23(8)31(40(12)13)35-32(30)41(14)15/h1-15H3. The number of thiophene rings is 1. The molecule has 0 amide bonds. The van der Waals surface area contributed by atoms with Crippen LogP contribution in [-0.2, 0) is 0 Å². The minimum absolute atomic E-state index is 0.783. The maximum atomic E-state index is 4.89. The van der Waals surface area contributed by atoms with Gasteiger partial charge in [-0.25, -0.2) is 4.98 Å². The third-order valence-electron chi connectivity index (χ3n) is 9.11. The third-order valence-corrected chi connectivity index (χ3v) is 10.3. The van der Waals surface area contributed by atoms with Crippen LogP contribution in [0.5, 0.6) is 0 Å². The number of aryl methyl sites for hydroxylation is 4. The van der Waals surface area contributed by atoms with Crippen LogP contribution >= 0.6 is 11.3 Å². The average Bonchev–Trinajstić information content (AvgIpc) is 3.20. The zero-order chi connectivity index (χ0) is 31.4. The number of rotatable bonds is 6.